The lowest BCUT2D eigenvalue weighted by atomic mass is 9.78. The molecule has 1 aliphatic carbocycles. The third-order valence-electron chi connectivity index (χ3n) is 4.25. The van der Waals surface area contributed by atoms with E-state index in [9.17, 15) is 13.9 Å². The number of ether oxygens (including phenoxy) is 2. The molecule has 0 aromatic heterocycles. The second kappa shape index (κ2) is 7.07. The van der Waals surface area contributed by atoms with Gasteiger partial charge in [-0.05, 0) is 42.4 Å². The number of benzene rings is 1. The van der Waals surface area contributed by atoms with Crippen molar-refractivity contribution < 1.29 is 23.4 Å². The van der Waals surface area contributed by atoms with Gasteiger partial charge in [-0.2, -0.15) is 8.78 Å². The number of methoxy groups -OCH3 is 1. The number of aliphatic hydroxyl groups is 1. The number of hydrogen-bond donors (Lipinski definition) is 1. The lowest BCUT2D eigenvalue weighted by molar-refractivity contribution is -0.0514. The fourth-order valence-electron chi connectivity index (χ4n) is 2.94. The van der Waals surface area contributed by atoms with E-state index in [4.69, 9.17) is 4.74 Å². The maximum Gasteiger partial charge on any atom is 0.387 e. The van der Waals surface area contributed by atoms with Crippen LogP contribution in [0.4, 0.5) is 8.78 Å². The fourth-order valence-corrected chi connectivity index (χ4v) is 2.94. The van der Waals surface area contributed by atoms with Crippen molar-refractivity contribution in [3.63, 3.8) is 0 Å². The molecular weight excluding hydrogens is 278 g/mol. The maximum absolute atomic E-state index is 12.4. The van der Waals surface area contributed by atoms with Crippen molar-refractivity contribution in [3.05, 3.63) is 23.8 Å². The molecule has 21 heavy (non-hydrogen) atoms. The van der Waals surface area contributed by atoms with Gasteiger partial charge in [0.2, 0.25) is 0 Å². The van der Waals surface area contributed by atoms with Gasteiger partial charge in [0.1, 0.15) is 0 Å². The number of aliphatic hydroxyl groups excluding tert-OH is 1. The SMILES string of the molecule is COc1ccc(C(O)C2CCC(C)CC2)cc1OC(F)F. The molecule has 1 saturated carbocycles. The third-order valence-corrected chi connectivity index (χ3v) is 4.25. The standard InChI is InChI=1S/C16H22F2O3/c1-10-3-5-11(6-4-10)15(19)12-7-8-13(20-2)14(9-12)21-16(17)18/h7-11,15-16,19H,3-6H2,1-2H3. The van der Waals surface area contributed by atoms with Gasteiger partial charge in [-0.1, -0.05) is 25.8 Å². The second-order valence-electron chi connectivity index (χ2n) is 5.75. The Balaban J connectivity index is 2.15. The van der Waals surface area contributed by atoms with Crippen molar-refractivity contribution >= 4 is 0 Å². The molecule has 0 spiro atoms. The van der Waals surface area contributed by atoms with Gasteiger partial charge in [-0.25, -0.2) is 0 Å². The lowest BCUT2D eigenvalue weighted by Crippen LogP contribution is -2.19. The number of hydrogen-bond acceptors (Lipinski definition) is 3. The highest BCUT2D eigenvalue weighted by molar-refractivity contribution is 5.43. The van der Waals surface area contributed by atoms with Gasteiger partial charge in [0, 0.05) is 0 Å². The van der Waals surface area contributed by atoms with E-state index in [1.165, 1.54) is 13.2 Å². The van der Waals surface area contributed by atoms with Crippen molar-refractivity contribution in [1.29, 1.82) is 0 Å². The third kappa shape index (κ3) is 4.06. The minimum absolute atomic E-state index is 0.0340. The summed E-state index contributed by atoms with van der Waals surface area (Å²) < 4.78 is 34.3. The molecule has 1 aliphatic rings. The van der Waals surface area contributed by atoms with Crippen LogP contribution in [0.3, 0.4) is 0 Å². The van der Waals surface area contributed by atoms with E-state index >= 15 is 0 Å². The molecule has 0 bridgehead atoms. The minimum atomic E-state index is -2.91. The molecule has 0 saturated heterocycles. The highest BCUT2D eigenvalue weighted by atomic mass is 19.3. The van der Waals surface area contributed by atoms with Gasteiger partial charge in [0.05, 0.1) is 13.2 Å². The van der Waals surface area contributed by atoms with Crippen LogP contribution in [0.5, 0.6) is 11.5 Å². The Hall–Kier alpha value is -1.36. The maximum atomic E-state index is 12.4. The number of alkyl halides is 2. The first-order chi connectivity index (χ1) is 10.0. The van der Waals surface area contributed by atoms with Crippen molar-refractivity contribution in [1.82, 2.24) is 0 Å². The predicted molar refractivity (Wildman–Crippen MR) is 75.7 cm³/mol. The van der Waals surface area contributed by atoms with Crippen LogP contribution in [0.15, 0.2) is 18.2 Å². The van der Waals surface area contributed by atoms with Crippen LogP contribution in [-0.2, 0) is 0 Å². The molecule has 2 rings (SSSR count). The summed E-state index contributed by atoms with van der Waals surface area (Å²) >= 11 is 0. The Morgan fingerprint density at radius 2 is 1.81 bits per heavy atom. The van der Waals surface area contributed by atoms with Crippen LogP contribution < -0.4 is 9.47 Å². The molecule has 5 heteroatoms. The van der Waals surface area contributed by atoms with Gasteiger partial charge in [-0.3, -0.25) is 0 Å². The highest BCUT2D eigenvalue weighted by Gasteiger charge is 2.26. The topological polar surface area (TPSA) is 38.7 Å². The van der Waals surface area contributed by atoms with E-state index in [0.717, 1.165) is 25.7 Å². The van der Waals surface area contributed by atoms with Gasteiger partial charge in [-0.15, -0.1) is 0 Å². The van der Waals surface area contributed by atoms with E-state index in [0.29, 0.717) is 11.5 Å². The van der Waals surface area contributed by atoms with E-state index in [-0.39, 0.29) is 17.4 Å². The second-order valence-corrected chi connectivity index (χ2v) is 5.75. The molecule has 1 fully saturated rings. The molecule has 0 radical (unpaired) electrons. The Bertz CT molecular complexity index is 457. The molecule has 1 aromatic carbocycles. The average Bonchev–Trinajstić information content (AvgIpc) is 2.46. The van der Waals surface area contributed by atoms with Gasteiger partial charge < -0.3 is 14.6 Å². The Morgan fingerprint density at radius 1 is 1.14 bits per heavy atom. The van der Waals surface area contributed by atoms with Gasteiger partial charge in [0.25, 0.3) is 0 Å². The first-order valence-corrected chi connectivity index (χ1v) is 7.32. The van der Waals surface area contributed by atoms with Crippen molar-refractivity contribution in [2.75, 3.05) is 7.11 Å². The summed E-state index contributed by atoms with van der Waals surface area (Å²) in [6.07, 6.45) is 3.46. The zero-order valence-electron chi connectivity index (χ0n) is 12.4. The van der Waals surface area contributed by atoms with Gasteiger partial charge in [0.15, 0.2) is 11.5 Å². The summed E-state index contributed by atoms with van der Waals surface area (Å²) in [5.41, 5.74) is 0.603. The normalized spacial score (nSPS) is 23.9. The Labute approximate surface area is 123 Å². The fraction of sp³-hybridized carbons (Fsp3) is 0.625. The monoisotopic (exact) mass is 300 g/mol. The first kappa shape index (κ1) is 16.0. The van der Waals surface area contributed by atoms with Crippen LogP contribution in [0.1, 0.15) is 44.3 Å². The van der Waals surface area contributed by atoms with Crippen molar-refractivity contribution in [2.24, 2.45) is 11.8 Å². The van der Waals surface area contributed by atoms with Crippen molar-refractivity contribution in [2.45, 2.75) is 45.3 Å². The van der Waals surface area contributed by atoms with E-state index in [1.54, 1.807) is 12.1 Å². The first-order valence-electron chi connectivity index (χ1n) is 7.32. The lowest BCUT2D eigenvalue weighted by Gasteiger charge is -2.30. The van der Waals surface area contributed by atoms with Crippen LogP contribution in [0.25, 0.3) is 0 Å². The predicted octanol–water partition coefficient (Wildman–Crippen LogP) is 4.16. The summed E-state index contributed by atoms with van der Waals surface area (Å²) in [5, 5.41) is 10.5. The van der Waals surface area contributed by atoms with Crippen LogP contribution >= 0.6 is 0 Å². The van der Waals surface area contributed by atoms with Crippen molar-refractivity contribution in [3.8, 4) is 11.5 Å². The molecule has 1 unspecified atom stereocenters. The molecule has 0 aliphatic heterocycles. The van der Waals surface area contributed by atoms with Crippen LogP contribution in [0, 0.1) is 11.8 Å². The number of rotatable bonds is 5. The summed E-state index contributed by atoms with van der Waals surface area (Å²) in [6, 6.07) is 4.72. The Morgan fingerprint density at radius 3 is 2.38 bits per heavy atom. The number of halogens is 2. The zero-order valence-corrected chi connectivity index (χ0v) is 12.4. The summed E-state index contributed by atoms with van der Waals surface area (Å²) in [6.45, 7) is -0.702. The molecule has 1 aromatic rings. The van der Waals surface area contributed by atoms with Crippen LogP contribution in [-0.4, -0.2) is 18.8 Å². The summed E-state index contributed by atoms with van der Waals surface area (Å²) in [7, 11) is 1.40. The highest BCUT2D eigenvalue weighted by Crippen LogP contribution is 2.39. The van der Waals surface area contributed by atoms with E-state index in [2.05, 4.69) is 11.7 Å². The van der Waals surface area contributed by atoms with Crippen LogP contribution in [0.2, 0.25) is 0 Å². The average molecular weight is 300 g/mol. The van der Waals surface area contributed by atoms with E-state index in [1.807, 2.05) is 0 Å². The zero-order chi connectivity index (χ0) is 15.4. The van der Waals surface area contributed by atoms with E-state index < -0.39 is 12.7 Å². The molecule has 1 N–H and O–H groups in total. The molecule has 1 atom stereocenters. The molecule has 118 valence electrons. The molecule has 0 heterocycles. The minimum Gasteiger partial charge on any atom is -0.493 e. The molecule has 0 amide bonds. The quantitative estimate of drug-likeness (QED) is 0.887. The summed E-state index contributed by atoms with van der Waals surface area (Å²) in [5.74, 6) is 1.08. The molecular formula is C16H22F2O3. The smallest absolute Gasteiger partial charge is 0.387 e. The largest absolute Gasteiger partial charge is 0.493 e. The van der Waals surface area contributed by atoms with Gasteiger partial charge >= 0.3 is 6.61 Å². The summed E-state index contributed by atoms with van der Waals surface area (Å²) in [4.78, 5) is 0. The molecule has 3 nitrogen and oxygen atoms in total. The Kier molecular flexibility index (Phi) is 5.39.